The largest absolute Gasteiger partial charge is 0.487 e. The van der Waals surface area contributed by atoms with Gasteiger partial charge in [-0.3, -0.25) is 9.48 Å². The molecule has 0 N–H and O–H groups in total. The second kappa shape index (κ2) is 7.94. The lowest BCUT2D eigenvalue weighted by atomic mass is 10.1. The summed E-state index contributed by atoms with van der Waals surface area (Å²) >= 11 is 0. The Morgan fingerprint density at radius 2 is 2.04 bits per heavy atom. The number of ether oxygens (including phenoxy) is 1. The van der Waals surface area contributed by atoms with Gasteiger partial charge in [-0.1, -0.05) is 32.9 Å². The molecule has 5 nitrogen and oxygen atoms in total. The highest BCUT2D eigenvalue weighted by atomic mass is 16.5. The summed E-state index contributed by atoms with van der Waals surface area (Å²) in [6.07, 6.45) is 1.96. The number of aryl methyl sites for hydroxylation is 2. The summed E-state index contributed by atoms with van der Waals surface area (Å²) in [6, 6.07) is 10.1. The minimum absolute atomic E-state index is 0.0523. The summed E-state index contributed by atoms with van der Waals surface area (Å²) in [5.41, 5.74) is 2.95. The zero-order valence-electron chi connectivity index (χ0n) is 16.2. The monoisotopic (exact) mass is 355 g/mol. The topological polar surface area (TPSA) is 47.4 Å². The van der Waals surface area contributed by atoms with Crippen molar-refractivity contribution in [1.29, 1.82) is 0 Å². The first-order valence-corrected chi connectivity index (χ1v) is 9.61. The Hall–Kier alpha value is -2.30. The van der Waals surface area contributed by atoms with Crippen LogP contribution >= 0.6 is 0 Å². The molecule has 2 heterocycles. The van der Waals surface area contributed by atoms with Crippen molar-refractivity contribution in [3.8, 4) is 5.75 Å². The predicted molar refractivity (Wildman–Crippen MR) is 103 cm³/mol. The number of carbonyl (C=O) groups is 1. The van der Waals surface area contributed by atoms with Crippen LogP contribution in [0.3, 0.4) is 0 Å². The number of aromatic nitrogens is 2. The first-order chi connectivity index (χ1) is 12.5. The van der Waals surface area contributed by atoms with E-state index in [4.69, 9.17) is 4.74 Å². The van der Waals surface area contributed by atoms with Crippen molar-refractivity contribution in [1.82, 2.24) is 14.7 Å². The molecule has 0 spiro atoms. The van der Waals surface area contributed by atoms with Crippen LogP contribution in [0.2, 0.25) is 0 Å². The molecule has 1 aromatic heterocycles. The molecule has 1 aliphatic rings. The molecule has 26 heavy (non-hydrogen) atoms. The normalized spacial score (nSPS) is 14.6. The molecule has 140 valence electrons. The van der Waals surface area contributed by atoms with Crippen LogP contribution in [0.15, 0.2) is 30.3 Å². The lowest BCUT2D eigenvalue weighted by Gasteiger charge is -2.39. The fraction of sp³-hybridized carbons (Fsp3) is 0.524. The van der Waals surface area contributed by atoms with Crippen molar-refractivity contribution >= 4 is 5.91 Å². The average molecular weight is 355 g/mol. The van der Waals surface area contributed by atoms with Crippen molar-refractivity contribution < 1.29 is 9.53 Å². The minimum Gasteiger partial charge on any atom is -0.487 e. The SMILES string of the molecule is CCc1cccc(OC2CN(C(=O)c3cc(CC(C)C)nn3CC)C2)c1. The van der Waals surface area contributed by atoms with E-state index in [1.54, 1.807) is 0 Å². The molecule has 0 radical (unpaired) electrons. The van der Waals surface area contributed by atoms with Crippen LogP contribution in [0.4, 0.5) is 0 Å². The third-order valence-corrected chi connectivity index (χ3v) is 4.71. The molecule has 0 atom stereocenters. The molecule has 5 heteroatoms. The Labute approximate surface area is 156 Å². The Morgan fingerprint density at radius 3 is 2.69 bits per heavy atom. The van der Waals surface area contributed by atoms with Gasteiger partial charge in [0.25, 0.3) is 5.91 Å². The van der Waals surface area contributed by atoms with E-state index in [2.05, 4.69) is 38.0 Å². The molecule has 2 aromatic rings. The number of carbonyl (C=O) groups excluding carboxylic acids is 1. The number of likely N-dealkylation sites (tertiary alicyclic amines) is 1. The van der Waals surface area contributed by atoms with Gasteiger partial charge >= 0.3 is 0 Å². The third kappa shape index (κ3) is 4.09. The summed E-state index contributed by atoms with van der Waals surface area (Å²) in [4.78, 5) is 14.7. The third-order valence-electron chi connectivity index (χ3n) is 4.71. The van der Waals surface area contributed by atoms with Gasteiger partial charge in [0.1, 0.15) is 17.5 Å². The van der Waals surface area contributed by atoms with Crippen LogP contribution in [0.5, 0.6) is 5.75 Å². The summed E-state index contributed by atoms with van der Waals surface area (Å²) < 4.78 is 7.83. The molecule has 1 aliphatic heterocycles. The van der Waals surface area contributed by atoms with Crippen LogP contribution in [0.25, 0.3) is 0 Å². The predicted octanol–water partition coefficient (Wildman–Crippen LogP) is 3.57. The number of benzene rings is 1. The highest BCUT2D eigenvalue weighted by molar-refractivity contribution is 5.93. The van der Waals surface area contributed by atoms with Gasteiger partial charge in [0.05, 0.1) is 18.8 Å². The molecule has 0 aliphatic carbocycles. The maximum Gasteiger partial charge on any atom is 0.272 e. The van der Waals surface area contributed by atoms with Crippen LogP contribution in [-0.4, -0.2) is 39.8 Å². The fourth-order valence-corrected chi connectivity index (χ4v) is 3.27. The molecule has 1 amide bonds. The van der Waals surface area contributed by atoms with Crippen molar-refractivity contribution in [3.05, 3.63) is 47.3 Å². The maximum absolute atomic E-state index is 12.8. The van der Waals surface area contributed by atoms with Gasteiger partial charge in [-0.25, -0.2) is 0 Å². The number of hydrogen-bond donors (Lipinski definition) is 0. The van der Waals surface area contributed by atoms with E-state index >= 15 is 0 Å². The van der Waals surface area contributed by atoms with Crippen molar-refractivity contribution in [2.24, 2.45) is 5.92 Å². The minimum atomic E-state index is 0.0523. The molecule has 3 rings (SSSR count). The standard InChI is InChI=1S/C21H29N3O2/c1-5-16-8-7-9-18(11-16)26-19-13-23(14-19)21(25)20-12-17(10-15(3)4)22-24(20)6-2/h7-9,11-12,15,19H,5-6,10,13-14H2,1-4H3. The van der Waals surface area contributed by atoms with E-state index in [9.17, 15) is 4.79 Å². The molecule has 0 bridgehead atoms. The number of nitrogens with zero attached hydrogens (tertiary/aromatic N) is 3. The van der Waals surface area contributed by atoms with E-state index in [0.717, 1.165) is 24.3 Å². The molecule has 1 fully saturated rings. The summed E-state index contributed by atoms with van der Waals surface area (Å²) in [6.45, 7) is 10.4. The lowest BCUT2D eigenvalue weighted by Crippen LogP contribution is -2.56. The lowest BCUT2D eigenvalue weighted by molar-refractivity contribution is 0.0168. The van der Waals surface area contributed by atoms with E-state index in [-0.39, 0.29) is 12.0 Å². The zero-order valence-corrected chi connectivity index (χ0v) is 16.2. The van der Waals surface area contributed by atoms with E-state index in [0.29, 0.717) is 31.2 Å². The first kappa shape index (κ1) is 18.5. The Balaban J connectivity index is 1.60. The summed E-state index contributed by atoms with van der Waals surface area (Å²) in [5, 5.41) is 4.57. The van der Waals surface area contributed by atoms with E-state index in [1.165, 1.54) is 5.56 Å². The Kier molecular flexibility index (Phi) is 5.64. The highest BCUT2D eigenvalue weighted by Crippen LogP contribution is 2.22. The number of rotatable bonds is 7. The smallest absolute Gasteiger partial charge is 0.272 e. The Morgan fingerprint density at radius 1 is 1.27 bits per heavy atom. The van der Waals surface area contributed by atoms with Crippen LogP contribution in [0.1, 0.15) is 49.4 Å². The second-order valence-electron chi connectivity index (χ2n) is 7.39. The highest BCUT2D eigenvalue weighted by Gasteiger charge is 2.34. The van der Waals surface area contributed by atoms with Gasteiger partial charge in [-0.2, -0.15) is 5.10 Å². The van der Waals surface area contributed by atoms with Crippen molar-refractivity contribution in [2.45, 2.75) is 53.2 Å². The Bertz CT molecular complexity index is 760. The number of amides is 1. The summed E-state index contributed by atoms with van der Waals surface area (Å²) in [5.74, 6) is 1.47. The molecular weight excluding hydrogens is 326 g/mol. The van der Waals surface area contributed by atoms with Crippen LogP contribution in [-0.2, 0) is 19.4 Å². The van der Waals surface area contributed by atoms with Crippen LogP contribution in [0, 0.1) is 5.92 Å². The van der Waals surface area contributed by atoms with E-state index < -0.39 is 0 Å². The second-order valence-corrected chi connectivity index (χ2v) is 7.39. The van der Waals surface area contributed by atoms with Crippen molar-refractivity contribution in [2.75, 3.05) is 13.1 Å². The molecule has 1 saturated heterocycles. The quantitative estimate of drug-likeness (QED) is 0.763. The van der Waals surface area contributed by atoms with Gasteiger partial charge < -0.3 is 9.64 Å². The maximum atomic E-state index is 12.8. The van der Waals surface area contributed by atoms with Gasteiger partial charge in [-0.05, 0) is 49.4 Å². The molecule has 1 aromatic carbocycles. The fourth-order valence-electron chi connectivity index (χ4n) is 3.27. The van der Waals surface area contributed by atoms with Crippen LogP contribution < -0.4 is 4.74 Å². The van der Waals surface area contributed by atoms with Gasteiger partial charge in [-0.15, -0.1) is 0 Å². The first-order valence-electron chi connectivity index (χ1n) is 9.61. The van der Waals surface area contributed by atoms with Crippen molar-refractivity contribution in [3.63, 3.8) is 0 Å². The van der Waals surface area contributed by atoms with Gasteiger partial charge in [0.15, 0.2) is 0 Å². The molecular formula is C21H29N3O2. The van der Waals surface area contributed by atoms with E-state index in [1.807, 2.05) is 34.7 Å². The molecule has 0 unspecified atom stereocenters. The molecule has 0 saturated carbocycles. The van der Waals surface area contributed by atoms with Gasteiger partial charge in [0, 0.05) is 6.54 Å². The zero-order chi connectivity index (χ0) is 18.7. The number of hydrogen-bond acceptors (Lipinski definition) is 3. The van der Waals surface area contributed by atoms with Gasteiger partial charge in [0.2, 0.25) is 0 Å². The average Bonchev–Trinajstić information content (AvgIpc) is 2.99. The summed E-state index contributed by atoms with van der Waals surface area (Å²) in [7, 11) is 0.